The van der Waals surface area contributed by atoms with E-state index < -0.39 is 11.7 Å². The van der Waals surface area contributed by atoms with Gasteiger partial charge in [-0.3, -0.25) is 15.4 Å². The third kappa shape index (κ3) is 5.37. The van der Waals surface area contributed by atoms with Crippen molar-refractivity contribution in [2.75, 3.05) is 10.6 Å². The molecule has 2 aromatic rings. The number of rotatable bonds is 3. The highest BCUT2D eigenvalue weighted by Crippen LogP contribution is 2.19. The summed E-state index contributed by atoms with van der Waals surface area (Å²) in [7, 11) is 0. The van der Waals surface area contributed by atoms with Gasteiger partial charge in [0.15, 0.2) is 5.13 Å². The van der Waals surface area contributed by atoms with Gasteiger partial charge >= 0.3 is 6.09 Å². The molecule has 6 nitrogen and oxygen atoms in total. The Hall–Kier alpha value is -2.41. The van der Waals surface area contributed by atoms with E-state index in [2.05, 4.69) is 15.6 Å². The van der Waals surface area contributed by atoms with Crippen molar-refractivity contribution in [3.8, 4) is 0 Å². The Bertz CT molecular complexity index is 719. The minimum Gasteiger partial charge on any atom is -0.444 e. The van der Waals surface area contributed by atoms with E-state index in [1.54, 1.807) is 51.2 Å². The standard InChI is InChI=1S/C16H19N3O3S/c1-10-9-17-14(23-10)19-13(20)11-6-5-7-12(8-11)18-15(21)22-16(2,3)4/h5-9H,1-4H3,(H,18,21)(H,17,19,20). The number of carbonyl (C=O) groups excluding carboxylic acids is 2. The number of ether oxygens (including phenoxy) is 1. The van der Waals surface area contributed by atoms with Crippen LogP contribution in [-0.4, -0.2) is 22.6 Å². The van der Waals surface area contributed by atoms with Crippen LogP contribution in [0.1, 0.15) is 36.0 Å². The highest BCUT2D eigenvalue weighted by Gasteiger charge is 2.16. The molecule has 122 valence electrons. The Labute approximate surface area is 138 Å². The van der Waals surface area contributed by atoms with E-state index in [0.717, 1.165) is 4.88 Å². The molecule has 2 N–H and O–H groups in total. The molecule has 1 aromatic carbocycles. The molecule has 0 atom stereocenters. The lowest BCUT2D eigenvalue weighted by molar-refractivity contribution is 0.0635. The number of aromatic nitrogens is 1. The van der Waals surface area contributed by atoms with Gasteiger partial charge in [-0.2, -0.15) is 0 Å². The number of amides is 2. The third-order valence-electron chi connectivity index (χ3n) is 2.61. The van der Waals surface area contributed by atoms with Gasteiger partial charge in [0.25, 0.3) is 5.91 Å². The second kappa shape index (κ2) is 6.78. The zero-order valence-electron chi connectivity index (χ0n) is 13.5. The summed E-state index contributed by atoms with van der Waals surface area (Å²) >= 11 is 1.40. The van der Waals surface area contributed by atoms with Crippen LogP contribution in [0.2, 0.25) is 0 Å². The molecule has 7 heteroatoms. The van der Waals surface area contributed by atoms with Gasteiger partial charge in [-0.25, -0.2) is 9.78 Å². The number of hydrogen-bond acceptors (Lipinski definition) is 5. The number of benzene rings is 1. The summed E-state index contributed by atoms with van der Waals surface area (Å²) in [6.45, 7) is 7.27. The monoisotopic (exact) mass is 333 g/mol. The summed E-state index contributed by atoms with van der Waals surface area (Å²) in [6.07, 6.45) is 1.13. The van der Waals surface area contributed by atoms with Gasteiger partial charge in [-0.15, -0.1) is 11.3 Å². The molecule has 0 radical (unpaired) electrons. The molecule has 0 saturated carbocycles. The van der Waals surface area contributed by atoms with Crippen LogP contribution >= 0.6 is 11.3 Å². The summed E-state index contributed by atoms with van der Waals surface area (Å²) in [5, 5.41) is 5.87. The highest BCUT2D eigenvalue weighted by molar-refractivity contribution is 7.15. The minimum atomic E-state index is -0.582. The molecule has 0 fully saturated rings. The highest BCUT2D eigenvalue weighted by atomic mass is 32.1. The third-order valence-corrected chi connectivity index (χ3v) is 3.44. The Morgan fingerprint density at radius 3 is 2.57 bits per heavy atom. The van der Waals surface area contributed by atoms with Crippen molar-refractivity contribution in [3.63, 3.8) is 0 Å². The second-order valence-corrected chi connectivity index (χ2v) is 7.17. The van der Waals surface area contributed by atoms with E-state index in [-0.39, 0.29) is 5.91 Å². The molecule has 0 unspecified atom stereocenters. The van der Waals surface area contributed by atoms with Crippen LogP contribution < -0.4 is 10.6 Å². The maximum absolute atomic E-state index is 12.2. The van der Waals surface area contributed by atoms with Crippen molar-refractivity contribution >= 4 is 34.2 Å². The molecule has 1 aromatic heterocycles. The first-order valence-corrected chi connectivity index (χ1v) is 7.88. The topological polar surface area (TPSA) is 80.3 Å². The Kier molecular flexibility index (Phi) is 5.00. The Morgan fingerprint density at radius 2 is 1.96 bits per heavy atom. The van der Waals surface area contributed by atoms with E-state index in [1.807, 2.05) is 6.92 Å². The summed E-state index contributed by atoms with van der Waals surface area (Å²) < 4.78 is 5.18. The van der Waals surface area contributed by atoms with Crippen LogP contribution in [0.4, 0.5) is 15.6 Å². The van der Waals surface area contributed by atoms with Gasteiger partial charge in [-0.1, -0.05) is 6.07 Å². The first-order valence-electron chi connectivity index (χ1n) is 7.07. The maximum atomic E-state index is 12.2. The molecule has 0 bridgehead atoms. The molecule has 2 amide bonds. The lowest BCUT2D eigenvalue weighted by Crippen LogP contribution is -2.27. The van der Waals surface area contributed by atoms with Gasteiger partial charge in [-0.05, 0) is 45.9 Å². The molecule has 0 aliphatic carbocycles. The summed E-state index contributed by atoms with van der Waals surface area (Å²) in [5.41, 5.74) is 0.329. The van der Waals surface area contributed by atoms with Gasteiger partial charge in [0.2, 0.25) is 0 Å². The van der Waals surface area contributed by atoms with Crippen molar-refractivity contribution in [1.82, 2.24) is 4.98 Å². The predicted octanol–water partition coefficient (Wildman–Crippen LogP) is 4.05. The lowest BCUT2D eigenvalue weighted by atomic mass is 10.2. The number of aryl methyl sites for hydroxylation is 1. The number of carbonyl (C=O) groups is 2. The number of anilines is 2. The molecule has 0 aliphatic heterocycles. The normalized spacial score (nSPS) is 11.0. The fourth-order valence-electron chi connectivity index (χ4n) is 1.74. The molecule has 23 heavy (non-hydrogen) atoms. The van der Waals surface area contributed by atoms with E-state index >= 15 is 0 Å². The Balaban J connectivity index is 2.04. The van der Waals surface area contributed by atoms with Crippen LogP contribution in [0, 0.1) is 6.92 Å². The smallest absolute Gasteiger partial charge is 0.412 e. The van der Waals surface area contributed by atoms with Crippen molar-refractivity contribution < 1.29 is 14.3 Å². The fraction of sp³-hybridized carbons (Fsp3) is 0.312. The molecular weight excluding hydrogens is 314 g/mol. The molecule has 0 aliphatic rings. The summed E-state index contributed by atoms with van der Waals surface area (Å²) in [6, 6.07) is 6.62. The largest absolute Gasteiger partial charge is 0.444 e. The number of nitrogens with zero attached hydrogens (tertiary/aromatic N) is 1. The Morgan fingerprint density at radius 1 is 1.22 bits per heavy atom. The minimum absolute atomic E-state index is 0.285. The lowest BCUT2D eigenvalue weighted by Gasteiger charge is -2.19. The van der Waals surface area contributed by atoms with Crippen LogP contribution in [-0.2, 0) is 4.74 Å². The van der Waals surface area contributed by atoms with Crippen molar-refractivity contribution in [3.05, 3.63) is 40.9 Å². The average Bonchev–Trinajstić information content (AvgIpc) is 2.82. The summed E-state index contributed by atoms with van der Waals surface area (Å²) in [4.78, 5) is 29.1. The summed E-state index contributed by atoms with van der Waals surface area (Å²) in [5.74, 6) is -0.285. The van der Waals surface area contributed by atoms with Crippen molar-refractivity contribution in [2.24, 2.45) is 0 Å². The van der Waals surface area contributed by atoms with E-state index in [1.165, 1.54) is 11.3 Å². The number of nitrogens with one attached hydrogen (secondary N) is 2. The quantitative estimate of drug-likeness (QED) is 0.888. The van der Waals surface area contributed by atoms with E-state index in [9.17, 15) is 9.59 Å². The first kappa shape index (κ1) is 17.0. The van der Waals surface area contributed by atoms with Crippen molar-refractivity contribution in [1.29, 1.82) is 0 Å². The molecular formula is C16H19N3O3S. The zero-order valence-corrected chi connectivity index (χ0v) is 14.3. The zero-order chi connectivity index (χ0) is 17.0. The number of thiazole rings is 1. The van der Waals surface area contributed by atoms with E-state index in [0.29, 0.717) is 16.4 Å². The van der Waals surface area contributed by atoms with Gasteiger partial charge in [0, 0.05) is 22.3 Å². The second-order valence-electron chi connectivity index (χ2n) is 5.94. The molecule has 0 spiro atoms. The maximum Gasteiger partial charge on any atom is 0.412 e. The molecule has 1 heterocycles. The van der Waals surface area contributed by atoms with Crippen LogP contribution in [0.3, 0.4) is 0 Å². The predicted molar refractivity (Wildman–Crippen MR) is 91.1 cm³/mol. The average molecular weight is 333 g/mol. The fourth-order valence-corrected chi connectivity index (χ4v) is 2.40. The number of hydrogen-bond donors (Lipinski definition) is 2. The molecule has 0 saturated heterocycles. The van der Waals surface area contributed by atoms with Gasteiger partial charge < -0.3 is 4.74 Å². The van der Waals surface area contributed by atoms with Crippen LogP contribution in [0.15, 0.2) is 30.5 Å². The van der Waals surface area contributed by atoms with Gasteiger partial charge in [0.05, 0.1) is 0 Å². The SMILES string of the molecule is Cc1cnc(NC(=O)c2cccc(NC(=O)OC(C)(C)C)c2)s1. The first-order chi connectivity index (χ1) is 10.7. The van der Waals surface area contributed by atoms with Crippen LogP contribution in [0.5, 0.6) is 0 Å². The van der Waals surface area contributed by atoms with Crippen molar-refractivity contribution in [2.45, 2.75) is 33.3 Å². The van der Waals surface area contributed by atoms with Crippen LogP contribution in [0.25, 0.3) is 0 Å². The van der Waals surface area contributed by atoms with E-state index in [4.69, 9.17) is 4.74 Å². The molecule has 2 rings (SSSR count). The van der Waals surface area contributed by atoms with Gasteiger partial charge in [0.1, 0.15) is 5.60 Å².